The van der Waals surface area contributed by atoms with E-state index in [2.05, 4.69) is 45.3 Å². The number of amides is 2. The van der Waals surface area contributed by atoms with Crippen LogP contribution in [0, 0.1) is 34.5 Å². The lowest BCUT2D eigenvalue weighted by molar-refractivity contribution is -0.144. The molecule has 7 atom stereocenters. The van der Waals surface area contributed by atoms with Gasteiger partial charge in [-0.05, 0) is 54.3 Å². The quantitative estimate of drug-likeness (QED) is 0.548. The molecule has 2 amide bonds. The molecule has 2 rings (SSSR count). The fraction of sp³-hybridized carbons (Fsp3) is 0.917. The van der Waals surface area contributed by atoms with Gasteiger partial charge >= 0.3 is 0 Å². The SMILES string of the molecule is COCCNC(=O)[C@@H](C)C1CC[C@@]2(C)CC[C@H](NC(=O)CC(C)(C)C)[C@@H](C)[C@@H]2[C@H]1O. The Morgan fingerprint density at radius 1 is 1.23 bits per heavy atom. The Bertz CT molecular complexity index is 603. The average molecular weight is 425 g/mol. The number of aliphatic hydroxyl groups excluding tert-OH is 1. The Hall–Kier alpha value is -1.14. The minimum atomic E-state index is -0.538. The summed E-state index contributed by atoms with van der Waals surface area (Å²) in [6.07, 6.45) is 3.80. The summed E-state index contributed by atoms with van der Waals surface area (Å²) >= 11 is 0. The van der Waals surface area contributed by atoms with Crippen LogP contribution in [0.1, 0.15) is 73.6 Å². The lowest BCUT2D eigenvalue weighted by atomic mass is 9.51. The number of nitrogens with one attached hydrogen (secondary N) is 2. The van der Waals surface area contributed by atoms with Gasteiger partial charge in [-0.3, -0.25) is 9.59 Å². The largest absolute Gasteiger partial charge is 0.392 e. The first-order valence-corrected chi connectivity index (χ1v) is 11.6. The second-order valence-corrected chi connectivity index (χ2v) is 11.3. The molecule has 0 aromatic rings. The first-order valence-electron chi connectivity index (χ1n) is 11.6. The summed E-state index contributed by atoms with van der Waals surface area (Å²) in [6.45, 7) is 13.6. The van der Waals surface area contributed by atoms with Gasteiger partial charge < -0.3 is 20.5 Å². The van der Waals surface area contributed by atoms with Gasteiger partial charge in [0.25, 0.3) is 0 Å². The fourth-order valence-corrected chi connectivity index (χ4v) is 5.87. The van der Waals surface area contributed by atoms with Crippen LogP contribution in [-0.4, -0.2) is 49.3 Å². The van der Waals surface area contributed by atoms with Crippen molar-refractivity contribution >= 4 is 11.8 Å². The first-order chi connectivity index (χ1) is 13.9. The summed E-state index contributed by atoms with van der Waals surface area (Å²) in [5.74, 6) is 0.0313. The highest BCUT2D eigenvalue weighted by Gasteiger charge is 2.53. The van der Waals surface area contributed by atoms with E-state index in [0.29, 0.717) is 19.6 Å². The number of carbonyl (C=O) groups excluding carboxylic acids is 2. The van der Waals surface area contributed by atoms with E-state index >= 15 is 0 Å². The van der Waals surface area contributed by atoms with Crippen molar-refractivity contribution in [2.45, 2.75) is 85.8 Å². The maximum atomic E-state index is 12.6. The van der Waals surface area contributed by atoms with Gasteiger partial charge in [-0.25, -0.2) is 0 Å². The number of methoxy groups -OCH3 is 1. The Morgan fingerprint density at radius 2 is 1.87 bits per heavy atom. The summed E-state index contributed by atoms with van der Waals surface area (Å²) in [5.41, 5.74) is 0.0182. The fourth-order valence-electron chi connectivity index (χ4n) is 5.87. The third-order valence-corrected chi connectivity index (χ3v) is 7.59. The molecule has 30 heavy (non-hydrogen) atoms. The maximum Gasteiger partial charge on any atom is 0.223 e. The van der Waals surface area contributed by atoms with E-state index in [9.17, 15) is 14.7 Å². The zero-order chi connectivity index (χ0) is 22.7. The highest BCUT2D eigenvalue weighted by molar-refractivity contribution is 5.78. The topological polar surface area (TPSA) is 87.7 Å². The van der Waals surface area contributed by atoms with Crippen molar-refractivity contribution in [3.05, 3.63) is 0 Å². The van der Waals surface area contributed by atoms with Crippen molar-refractivity contribution in [1.82, 2.24) is 10.6 Å². The number of fused-ring (bicyclic) bond motifs is 1. The van der Waals surface area contributed by atoms with Gasteiger partial charge in [-0.1, -0.05) is 41.5 Å². The highest BCUT2D eigenvalue weighted by atomic mass is 16.5. The van der Waals surface area contributed by atoms with Gasteiger partial charge in [0.05, 0.1) is 12.7 Å². The third kappa shape index (κ3) is 5.97. The van der Waals surface area contributed by atoms with Gasteiger partial charge in [-0.2, -0.15) is 0 Å². The molecule has 6 heteroatoms. The second-order valence-electron chi connectivity index (χ2n) is 11.3. The van der Waals surface area contributed by atoms with E-state index in [1.54, 1.807) is 7.11 Å². The molecule has 1 unspecified atom stereocenters. The number of aliphatic hydroxyl groups is 1. The van der Waals surface area contributed by atoms with Crippen LogP contribution >= 0.6 is 0 Å². The minimum absolute atomic E-state index is 0.0156. The van der Waals surface area contributed by atoms with E-state index in [1.807, 2.05) is 6.92 Å². The minimum Gasteiger partial charge on any atom is -0.392 e. The maximum absolute atomic E-state index is 12.6. The van der Waals surface area contributed by atoms with Crippen LogP contribution < -0.4 is 10.6 Å². The Kier molecular flexibility index (Phi) is 8.36. The van der Waals surface area contributed by atoms with Gasteiger partial charge in [0.1, 0.15) is 0 Å². The van der Waals surface area contributed by atoms with Crippen molar-refractivity contribution in [1.29, 1.82) is 0 Å². The highest BCUT2D eigenvalue weighted by Crippen LogP contribution is 2.55. The Morgan fingerprint density at radius 3 is 2.47 bits per heavy atom. The summed E-state index contributed by atoms with van der Waals surface area (Å²) in [7, 11) is 1.61. The smallest absolute Gasteiger partial charge is 0.223 e. The van der Waals surface area contributed by atoms with Crippen LogP contribution in [0.2, 0.25) is 0 Å². The van der Waals surface area contributed by atoms with Crippen LogP contribution in [0.25, 0.3) is 0 Å². The van der Waals surface area contributed by atoms with Gasteiger partial charge in [-0.15, -0.1) is 0 Å². The van der Waals surface area contributed by atoms with Crippen LogP contribution in [0.5, 0.6) is 0 Å². The molecule has 0 aliphatic heterocycles. The molecule has 2 fully saturated rings. The van der Waals surface area contributed by atoms with E-state index < -0.39 is 6.10 Å². The van der Waals surface area contributed by atoms with Crippen molar-refractivity contribution in [3.8, 4) is 0 Å². The van der Waals surface area contributed by atoms with E-state index in [1.165, 1.54) is 0 Å². The van der Waals surface area contributed by atoms with Crippen molar-refractivity contribution in [2.24, 2.45) is 34.5 Å². The van der Waals surface area contributed by atoms with Crippen molar-refractivity contribution in [3.63, 3.8) is 0 Å². The third-order valence-electron chi connectivity index (χ3n) is 7.59. The number of carbonyl (C=O) groups is 2. The van der Waals surface area contributed by atoms with E-state index in [-0.39, 0.29) is 52.4 Å². The lowest BCUT2D eigenvalue weighted by Gasteiger charge is -2.56. The number of rotatable bonds is 7. The van der Waals surface area contributed by atoms with Crippen molar-refractivity contribution in [2.75, 3.05) is 20.3 Å². The molecule has 2 aliphatic carbocycles. The summed E-state index contributed by atoms with van der Waals surface area (Å²) in [5, 5.41) is 17.6. The monoisotopic (exact) mass is 424 g/mol. The van der Waals surface area contributed by atoms with Crippen LogP contribution in [0.4, 0.5) is 0 Å². The standard InChI is InChI=1S/C24H44N2O4/c1-15(22(29)25-12-13-30-7)17-8-10-24(6)11-9-18(16(2)20(24)21(17)28)26-19(27)14-23(3,4)5/h15-18,20-21,28H,8-14H2,1-7H3,(H,25,29)(H,26,27)/t15-,16+,17?,18-,20+,21-,24-/m0/s1. The molecule has 0 bridgehead atoms. The molecule has 0 aromatic heterocycles. The molecule has 0 aromatic carbocycles. The summed E-state index contributed by atoms with van der Waals surface area (Å²) < 4.78 is 5.01. The lowest BCUT2D eigenvalue weighted by Crippen LogP contribution is -2.58. The average Bonchev–Trinajstić information content (AvgIpc) is 2.62. The Labute approximate surface area is 182 Å². The molecule has 0 heterocycles. The van der Waals surface area contributed by atoms with Crippen LogP contribution in [0.3, 0.4) is 0 Å². The van der Waals surface area contributed by atoms with E-state index in [0.717, 1.165) is 25.7 Å². The molecule has 2 saturated carbocycles. The molecule has 2 aliphatic rings. The Balaban J connectivity index is 2.08. The second kappa shape index (κ2) is 9.99. The first kappa shape index (κ1) is 25.1. The van der Waals surface area contributed by atoms with Gasteiger partial charge in [0.2, 0.25) is 11.8 Å². The van der Waals surface area contributed by atoms with Crippen LogP contribution in [-0.2, 0) is 14.3 Å². The number of ether oxygens (including phenoxy) is 1. The molecule has 0 radical (unpaired) electrons. The van der Waals surface area contributed by atoms with Gasteiger partial charge in [0.15, 0.2) is 0 Å². The number of hydrogen-bond acceptors (Lipinski definition) is 4. The predicted molar refractivity (Wildman–Crippen MR) is 119 cm³/mol. The molecular formula is C24H44N2O4. The zero-order valence-electron chi connectivity index (χ0n) is 20.1. The molecule has 0 saturated heterocycles. The van der Waals surface area contributed by atoms with E-state index in [4.69, 9.17) is 4.74 Å². The summed E-state index contributed by atoms with van der Waals surface area (Å²) in [4.78, 5) is 25.1. The normalized spacial score (nSPS) is 35.3. The molecule has 0 spiro atoms. The van der Waals surface area contributed by atoms with Gasteiger partial charge in [0, 0.05) is 32.0 Å². The molecule has 3 N–H and O–H groups in total. The zero-order valence-corrected chi connectivity index (χ0v) is 20.1. The van der Waals surface area contributed by atoms with Crippen LogP contribution in [0.15, 0.2) is 0 Å². The number of hydrogen-bond donors (Lipinski definition) is 3. The summed E-state index contributed by atoms with van der Waals surface area (Å²) in [6, 6.07) is 0.0807. The molecular weight excluding hydrogens is 380 g/mol. The molecule has 174 valence electrons. The molecule has 6 nitrogen and oxygen atoms in total. The van der Waals surface area contributed by atoms with Crippen molar-refractivity contribution < 1.29 is 19.4 Å². The predicted octanol–water partition coefficient (Wildman–Crippen LogP) is 3.13.